The highest BCUT2D eigenvalue weighted by molar-refractivity contribution is 7.22. The van der Waals surface area contributed by atoms with Gasteiger partial charge in [-0.15, -0.1) is 0 Å². The van der Waals surface area contributed by atoms with Crippen LogP contribution in [0.5, 0.6) is 0 Å². The molecule has 0 spiro atoms. The highest BCUT2D eigenvalue weighted by Gasteiger charge is 2.04. The Balaban J connectivity index is 1.84. The number of aromatic nitrogens is 1. The smallest absolute Gasteiger partial charge is 0.183 e. The van der Waals surface area contributed by atoms with Gasteiger partial charge in [0.15, 0.2) is 5.13 Å². The standard InChI is InChI=1S/C14H20ClN3S/c1-3-18(4-2)9-5-8-16-14-17-12-10-11(15)6-7-13(12)19-14/h6-7,10H,3-5,8-9H2,1-2H3,(H,16,17). The molecule has 0 atom stereocenters. The molecular weight excluding hydrogens is 278 g/mol. The molecule has 2 rings (SSSR count). The van der Waals surface area contributed by atoms with Crippen molar-refractivity contribution in [3.63, 3.8) is 0 Å². The fourth-order valence-corrected chi connectivity index (χ4v) is 3.05. The van der Waals surface area contributed by atoms with Gasteiger partial charge in [-0.2, -0.15) is 0 Å². The summed E-state index contributed by atoms with van der Waals surface area (Å²) >= 11 is 7.64. The highest BCUT2D eigenvalue weighted by atomic mass is 35.5. The monoisotopic (exact) mass is 297 g/mol. The second-order valence-electron chi connectivity index (χ2n) is 4.44. The minimum absolute atomic E-state index is 0.742. The van der Waals surface area contributed by atoms with E-state index in [1.165, 1.54) is 4.70 Å². The lowest BCUT2D eigenvalue weighted by molar-refractivity contribution is 0.303. The summed E-state index contributed by atoms with van der Waals surface area (Å²) in [6.45, 7) is 8.75. The third-order valence-corrected chi connectivity index (χ3v) is 4.40. The van der Waals surface area contributed by atoms with E-state index in [4.69, 9.17) is 11.6 Å². The Morgan fingerprint density at radius 1 is 1.32 bits per heavy atom. The van der Waals surface area contributed by atoms with E-state index in [1.54, 1.807) is 11.3 Å². The normalized spacial score (nSPS) is 11.4. The Kier molecular flexibility index (Phi) is 5.43. The Bertz CT molecular complexity index is 522. The van der Waals surface area contributed by atoms with Crippen LogP contribution in [0, 0.1) is 0 Å². The third kappa shape index (κ3) is 4.06. The van der Waals surface area contributed by atoms with Gasteiger partial charge in [0.1, 0.15) is 0 Å². The molecule has 19 heavy (non-hydrogen) atoms. The van der Waals surface area contributed by atoms with Crippen molar-refractivity contribution in [1.29, 1.82) is 0 Å². The number of anilines is 1. The van der Waals surface area contributed by atoms with Crippen molar-refractivity contribution in [3.05, 3.63) is 23.2 Å². The minimum atomic E-state index is 0.742. The maximum atomic E-state index is 5.96. The van der Waals surface area contributed by atoms with Crippen molar-refractivity contribution in [3.8, 4) is 0 Å². The average molecular weight is 298 g/mol. The summed E-state index contributed by atoms with van der Waals surface area (Å²) in [4.78, 5) is 6.97. The van der Waals surface area contributed by atoms with Gasteiger partial charge >= 0.3 is 0 Å². The predicted octanol–water partition coefficient (Wildman–Crippen LogP) is 4.09. The van der Waals surface area contributed by atoms with Crippen LogP contribution in [-0.2, 0) is 0 Å². The van der Waals surface area contributed by atoms with Gasteiger partial charge in [0.2, 0.25) is 0 Å². The number of benzene rings is 1. The number of hydrogen-bond acceptors (Lipinski definition) is 4. The minimum Gasteiger partial charge on any atom is -0.361 e. The Morgan fingerprint density at radius 3 is 2.84 bits per heavy atom. The van der Waals surface area contributed by atoms with Crippen LogP contribution in [-0.4, -0.2) is 36.1 Å². The van der Waals surface area contributed by atoms with E-state index < -0.39 is 0 Å². The van der Waals surface area contributed by atoms with Crippen molar-refractivity contribution in [1.82, 2.24) is 9.88 Å². The summed E-state index contributed by atoms with van der Waals surface area (Å²) in [6, 6.07) is 5.84. The van der Waals surface area contributed by atoms with Crippen LogP contribution in [0.15, 0.2) is 18.2 Å². The SMILES string of the molecule is CCN(CC)CCCNc1nc2cc(Cl)ccc2s1. The largest absolute Gasteiger partial charge is 0.361 e. The Hall–Kier alpha value is -0.840. The summed E-state index contributed by atoms with van der Waals surface area (Å²) < 4.78 is 1.18. The highest BCUT2D eigenvalue weighted by Crippen LogP contribution is 2.27. The van der Waals surface area contributed by atoms with Crippen molar-refractivity contribution >= 4 is 38.3 Å². The molecule has 0 aliphatic rings. The Labute approximate surface area is 123 Å². The summed E-state index contributed by atoms with van der Waals surface area (Å²) in [5.41, 5.74) is 0.976. The molecule has 1 heterocycles. The maximum Gasteiger partial charge on any atom is 0.183 e. The van der Waals surface area contributed by atoms with Crippen LogP contribution < -0.4 is 5.32 Å². The van der Waals surface area contributed by atoms with Gasteiger partial charge in [-0.3, -0.25) is 0 Å². The summed E-state index contributed by atoms with van der Waals surface area (Å²) in [6.07, 6.45) is 1.14. The Morgan fingerprint density at radius 2 is 2.11 bits per heavy atom. The van der Waals surface area contributed by atoms with E-state index in [-0.39, 0.29) is 0 Å². The van der Waals surface area contributed by atoms with Crippen molar-refractivity contribution < 1.29 is 0 Å². The molecule has 0 amide bonds. The number of thiazole rings is 1. The van der Waals surface area contributed by atoms with Crippen LogP contribution in [0.4, 0.5) is 5.13 Å². The summed E-state index contributed by atoms with van der Waals surface area (Å²) in [7, 11) is 0. The summed E-state index contributed by atoms with van der Waals surface area (Å²) in [5.74, 6) is 0. The molecule has 0 saturated carbocycles. The topological polar surface area (TPSA) is 28.2 Å². The van der Waals surface area contributed by atoms with Gasteiger partial charge < -0.3 is 10.2 Å². The van der Waals surface area contributed by atoms with Crippen molar-refractivity contribution in [2.24, 2.45) is 0 Å². The number of fused-ring (bicyclic) bond motifs is 1. The molecule has 0 aliphatic carbocycles. The van der Waals surface area contributed by atoms with Gasteiger partial charge in [-0.25, -0.2) is 4.98 Å². The van der Waals surface area contributed by atoms with Gasteiger partial charge in [-0.1, -0.05) is 36.8 Å². The first kappa shape index (κ1) is 14.6. The fourth-order valence-electron chi connectivity index (χ4n) is 2.01. The van der Waals surface area contributed by atoms with Crippen molar-refractivity contribution in [2.75, 3.05) is 31.5 Å². The molecule has 104 valence electrons. The lowest BCUT2D eigenvalue weighted by Gasteiger charge is -2.17. The molecule has 2 aromatic rings. The molecule has 0 aliphatic heterocycles. The zero-order chi connectivity index (χ0) is 13.7. The fraction of sp³-hybridized carbons (Fsp3) is 0.500. The first-order chi connectivity index (χ1) is 9.22. The third-order valence-electron chi connectivity index (χ3n) is 3.17. The maximum absolute atomic E-state index is 5.96. The van der Waals surface area contributed by atoms with Crippen molar-refractivity contribution in [2.45, 2.75) is 20.3 Å². The van der Waals surface area contributed by atoms with E-state index in [0.29, 0.717) is 0 Å². The molecule has 0 bridgehead atoms. The molecule has 5 heteroatoms. The van der Waals surface area contributed by atoms with Gasteiger partial charge in [0, 0.05) is 11.6 Å². The van der Waals surface area contributed by atoms with E-state index in [0.717, 1.165) is 48.3 Å². The first-order valence-electron chi connectivity index (χ1n) is 6.75. The van der Waals surface area contributed by atoms with E-state index in [1.807, 2.05) is 18.2 Å². The van der Waals surface area contributed by atoms with Crippen LogP contribution in [0.3, 0.4) is 0 Å². The molecule has 0 saturated heterocycles. The van der Waals surface area contributed by atoms with Crippen LogP contribution in [0.1, 0.15) is 20.3 Å². The molecular formula is C14H20ClN3S. The van der Waals surface area contributed by atoms with E-state index >= 15 is 0 Å². The molecule has 3 nitrogen and oxygen atoms in total. The zero-order valence-electron chi connectivity index (χ0n) is 11.4. The number of halogens is 1. The second-order valence-corrected chi connectivity index (χ2v) is 5.91. The predicted molar refractivity (Wildman–Crippen MR) is 85.5 cm³/mol. The molecule has 0 fully saturated rings. The number of nitrogens with one attached hydrogen (secondary N) is 1. The van der Waals surface area contributed by atoms with Crippen LogP contribution >= 0.6 is 22.9 Å². The molecule has 1 N–H and O–H groups in total. The summed E-state index contributed by atoms with van der Waals surface area (Å²) in [5, 5.41) is 5.12. The second kappa shape index (κ2) is 7.08. The molecule has 0 unspecified atom stereocenters. The number of hydrogen-bond donors (Lipinski definition) is 1. The zero-order valence-corrected chi connectivity index (χ0v) is 13.0. The number of rotatable bonds is 7. The first-order valence-corrected chi connectivity index (χ1v) is 7.94. The molecule has 1 aromatic heterocycles. The molecule has 0 radical (unpaired) electrons. The quantitative estimate of drug-likeness (QED) is 0.780. The lowest BCUT2D eigenvalue weighted by Crippen LogP contribution is -2.25. The van der Waals surface area contributed by atoms with Gasteiger partial charge in [0.05, 0.1) is 10.2 Å². The average Bonchev–Trinajstić information content (AvgIpc) is 2.80. The lowest BCUT2D eigenvalue weighted by atomic mass is 10.3. The van der Waals surface area contributed by atoms with E-state index in [9.17, 15) is 0 Å². The number of nitrogens with zero attached hydrogens (tertiary/aromatic N) is 2. The van der Waals surface area contributed by atoms with Crippen LogP contribution in [0.2, 0.25) is 5.02 Å². The van der Waals surface area contributed by atoms with Gasteiger partial charge in [0.25, 0.3) is 0 Å². The van der Waals surface area contributed by atoms with Gasteiger partial charge in [-0.05, 0) is 44.3 Å². The molecule has 1 aromatic carbocycles. The van der Waals surface area contributed by atoms with E-state index in [2.05, 4.69) is 29.0 Å². The van der Waals surface area contributed by atoms with Crippen LogP contribution in [0.25, 0.3) is 10.2 Å².